The lowest BCUT2D eigenvalue weighted by Gasteiger charge is -2.25. The van der Waals surface area contributed by atoms with Crippen LogP contribution in [-0.2, 0) is 10.0 Å². The Hall–Kier alpha value is -2.85. The summed E-state index contributed by atoms with van der Waals surface area (Å²) in [6.07, 6.45) is 1.33. The van der Waals surface area contributed by atoms with Crippen molar-refractivity contribution in [3.05, 3.63) is 58.7 Å². The van der Waals surface area contributed by atoms with Crippen LogP contribution in [0.25, 0.3) is 0 Å². The highest BCUT2D eigenvalue weighted by atomic mass is 32.2. The lowest BCUT2D eigenvalue weighted by atomic mass is 10.1. The van der Waals surface area contributed by atoms with Gasteiger partial charge in [0.1, 0.15) is 5.82 Å². The maximum atomic E-state index is 14.4. The van der Waals surface area contributed by atoms with Crippen LogP contribution in [0.15, 0.2) is 35.2 Å². The quantitative estimate of drug-likeness (QED) is 0.746. The number of hydrogen-bond donors (Lipinski definition) is 2. The molecule has 0 radical (unpaired) electrons. The van der Waals surface area contributed by atoms with Crippen LogP contribution in [0.4, 0.5) is 4.39 Å². The molecule has 1 saturated heterocycles. The van der Waals surface area contributed by atoms with Gasteiger partial charge in [0.2, 0.25) is 10.0 Å². The molecule has 2 amide bonds. The molecule has 1 atom stereocenters. The Morgan fingerprint density at radius 3 is 2.53 bits per heavy atom. The Morgan fingerprint density at radius 2 is 1.90 bits per heavy atom. The molecule has 1 aliphatic rings. The number of likely N-dealkylation sites (tertiary alicyclic amines) is 1. The summed E-state index contributed by atoms with van der Waals surface area (Å²) in [5.74, 6) is -1.65. The Bertz CT molecular complexity index is 1100. The summed E-state index contributed by atoms with van der Waals surface area (Å²) in [5, 5.41) is 2.55. The smallest absolute Gasteiger partial charge is 0.257 e. The fourth-order valence-electron chi connectivity index (χ4n) is 3.57. The zero-order valence-corrected chi connectivity index (χ0v) is 17.7. The van der Waals surface area contributed by atoms with E-state index in [0.717, 1.165) is 18.2 Å². The van der Waals surface area contributed by atoms with E-state index in [-0.39, 0.29) is 22.4 Å². The minimum absolute atomic E-state index is 0.186. The standard InChI is InChI=1S/C20H23FN4O4S/c1-12-14(19(26)22-2)7-9-17(24-12)18-5-4-10-25(18)20(27)15-11-13(6-8-16(15)21)30(28,29)23-3/h6-9,11,18,23H,4-5,10H2,1-3H3,(H,22,26). The first-order valence-corrected chi connectivity index (χ1v) is 10.9. The molecule has 160 valence electrons. The zero-order chi connectivity index (χ0) is 22.1. The molecule has 0 spiro atoms. The van der Waals surface area contributed by atoms with Gasteiger partial charge < -0.3 is 10.2 Å². The molecular weight excluding hydrogens is 411 g/mol. The third-order valence-corrected chi connectivity index (χ3v) is 6.59. The number of amides is 2. The first-order chi connectivity index (χ1) is 14.2. The van der Waals surface area contributed by atoms with Gasteiger partial charge in [0, 0.05) is 13.6 Å². The fourth-order valence-corrected chi connectivity index (χ4v) is 4.32. The molecule has 0 aliphatic carbocycles. The van der Waals surface area contributed by atoms with Crippen molar-refractivity contribution < 1.29 is 22.4 Å². The number of aryl methyl sites for hydroxylation is 1. The number of carbonyl (C=O) groups excluding carboxylic acids is 2. The monoisotopic (exact) mass is 434 g/mol. The lowest BCUT2D eigenvalue weighted by molar-refractivity contribution is 0.0727. The predicted octanol–water partition coefficient (Wildman–Crippen LogP) is 1.77. The van der Waals surface area contributed by atoms with Gasteiger partial charge in [-0.1, -0.05) is 0 Å². The molecule has 1 aromatic carbocycles. The van der Waals surface area contributed by atoms with E-state index in [4.69, 9.17) is 0 Å². The van der Waals surface area contributed by atoms with Crippen LogP contribution < -0.4 is 10.0 Å². The molecule has 1 fully saturated rings. The average molecular weight is 434 g/mol. The minimum atomic E-state index is -3.82. The summed E-state index contributed by atoms with van der Waals surface area (Å²) in [5.41, 5.74) is 1.26. The van der Waals surface area contributed by atoms with E-state index in [9.17, 15) is 22.4 Å². The number of sulfonamides is 1. The number of rotatable bonds is 5. The van der Waals surface area contributed by atoms with Crippen LogP contribution in [0.2, 0.25) is 0 Å². The lowest BCUT2D eigenvalue weighted by Crippen LogP contribution is -2.32. The Kier molecular flexibility index (Phi) is 6.18. The van der Waals surface area contributed by atoms with Crippen molar-refractivity contribution in [3.8, 4) is 0 Å². The van der Waals surface area contributed by atoms with Crippen molar-refractivity contribution in [1.82, 2.24) is 19.9 Å². The number of carbonyl (C=O) groups is 2. The largest absolute Gasteiger partial charge is 0.355 e. The zero-order valence-electron chi connectivity index (χ0n) is 16.9. The molecule has 0 saturated carbocycles. The van der Waals surface area contributed by atoms with E-state index >= 15 is 0 Å². The summed E-state index contributed by atoms with van der Waals surface area (Å²) in [4.78, 5) is 30.8. The first-order valence-electron chi connectivity index (χ1n) is 9.43. The average Bonchev–Trinajstić information content (AvgIpc) is 3.22. The van der Waals surface area contributed by atoms with Crippen molar-refractivity contribution in [2.45, 2.75) is 30.7 Å². The van der Waals surface area contributed by atoms with Crippen LogP contribution in [0, 0.1) is 12.7 Å². The second kappa shape index (κ2) is 8.49. The van der Waals surface area contributed by atoms with E-state index in [1.54, 1.807) is 19.1 Å². The topological polar surface area (TPSA) is 108 Å². The number of nitrogens with one attached hydrogen (secondary N) is 2. The third kappa shape index (κ3) is 4.05. The van der Waals surface area contributed by atoms with Gasteiger partial charge >= 0.3 is 0 Å². The second-order valence-electron chi connectivity index (χ2n) is 6.95. The van der Waals surface area contributed by atoms with Crippen molar-refractivity contribution in [1.29, 1.82) is 0 Å². The highest BCUT2D eigenvalue weighted by Gasteiger charge is 2.33. The number of nitrogens with zero attached hydrogens (tertiary/aromatic N) is 2. The number of hydrogen-bond acceptors (Lipinski definition) is 5. The minimum Gasteiger partial charge on any atom is -0.355 e. The number of benzene rings is 1. The fraction of sp³-hybridized carbons (Fsp3) is 0.350. The molecule has 1 unspecified atom stereocenters. The molecule has 30 heavy (non-hydrogen) atoms. The van der Waals surface area contributed by atoms with Crippen LogP contribution in [-0.4, -0.2) is 50.8 Å². The maximum Gasteiger partial charge on any atom is 0.257 e. The first kappa shape index (κ1) is 21.8. The molecule has 0 bridgehead atoms. The van der Waals surface area contributed by atoms with Crippen molar-refractivity contribution in [2.75, 3.05) is 20.6 Å². The van der Waals surface area contributed by atoms with Gasteiger partial charge in [-0.2, -0.15) is 0 Å². The molecule has 1 aromatic heterocycles. The molecular formula is C20H23FN4O4S. The summed E-state index contributed by atoms with van der Waals surface area (Å²) in [6, 6.07) is 6.08. The summed E-state index contributed by atoms with van der Waals surface area (Å²) in [6.45, 7) is 2.10. The number of aromatic nitrogens is 1. The van der Waals surface area contributed by atoms with Crippen LogP contribution in [0.3, 0.4) is 0 Å². The van der Waals surface area contributed by atoms with Gasteiger partial charge in [-0.3, -0.25) is 14.6 Å². The van der Waals surface area contributed by atoms with Crippen LogP contribution in [0.5, 0.6) is 0 Å². The molecule has 1 aliphatic heterocycles. The highest BCUT2D eigenvalue weighted by molar-refractivity contribution is 7.89. The molecule has 3 rings (SSSR count). The van der Waals surface area contributed by atoms with Gasteiger partial charge in [-0.05, 0) is 57.1 Å². The second-order valence-corrected chi connectivity index (χ2v) is 8.84. The molecule has 8 nitrogen and oxygen atoms in total. The summed E-state index contributed by atoms with van der Waals surface area (Å²) < 4.78 is 40.7. The van der Waals surface area contributed by atoms with Crippen molar-refractivity contribution >= 4 is 21.8 Å². The number of pyridine rings is 1. The van der Waals surface area contributed by atoms with Crippen molar-refractivity contribution in [3.63, 3.8) is 0 Å². The molecule has 10 heteroatoms. The Labute approximate surface area is 174 Å². The normalized spacial score (nSPS) is 16.5. The Balaban J connectivity index is 1.95. The van der Waals surface area contributed by atoms with E-state index in [2.05, 4.69) is 15.0 Å². The van der Waals surface area contributed by atoms with Gasteiger partial charge in [-0.25, -0.2) is 17.5 Å². The van der Waals surface area contributed by atoms with Crippen LogP contribution in [0.1, 0.15) is 51.0 Å². The van der Waals surface area contributed by atoms with Gasteiger partial charge in [0.05, 0.1) is 33.5 Å². The van der Waals surface area contributed by atoms with E-state index in [0.29, 0.717) is 36.3 Å². The van der Waals surface area contributed by atoms with Gasteiger partial charge in [0.25, 0.3) is 11.8 Å². The number of halogens is 1. The maximum absolute atomic E-state index is 14.4. The Morgan fingerprint density at radius 1 is 1.17 bits per heavy atom. The SMILES string of the molecule is CNC(=O)c1ccc(C2CCCN2C(=O)c2cc(S(=O)(=O)NC)ccc2F)nc1C. The van der Waals surface area contributed by atoms with E-state index in [1.165, 1.54) is 19.0 Å². The van der Waals surface area contributed by atoms with Gasteiger partial charge in [-0.15, -0.1) is 0 Å². The summed E-state index contributed by atoms with van der Waals surface area (Å²) in [7, 11) is -1.04. The van der Waals surface area contributed by atoms with E-state index in [1.807, 2.05) is 0 Å². The molecule has 2 N–H and O–H groups in total. The third-order valence-electron chi connectivity index (χ3n) is 5.18. The molecule has 2 heterocycles. The summed E-state index contributed by atoms with van der Waals surface area (Å²) >= 11 is 0. The molecule has 2 aromatic rings. The van der Waals surface area contributed by atoms with Gasteiger partial charge in [0.15, 0.2) is 0 Å². The highest BCUT2D eigenvalue weighted by Crippen LogP contribution is 2.33. The van der Waals surface area contributed by atoms with E-state index < -0.39 is 21.7 Å². The predicted molar refractivity (Wildman–Crippen MR) is 108 cm³/mol. The van der Waals surface area contributed by atoms with Crippen molar-refractivity contribution in [2.24, 2.45) is 0 Å². The van der Waals surface area contributed by atoms with Crippen LogP contribution >= 0.6 is 0 Å².